The van der Waals surface area contributed by atoms with Gasteiger partial charge in [0.1, 0.15) is 5.70 Å². The minimum Gasteiger partial charge on any atom is -0.466 e. The third-order valence-electron chi connectivity index (χ3n) is 2.04. The Hall–Kier alpha value is -2.30. The van der Waals surface area contributed by atoms with E-state index in [0.717, 1.165) is 6.08 Å². The van der Waals surface area contributed by atoms with Crippen molar-refractivity contribution in [2.45, 2.75) is 0 Å². The van der Waals surface area contributed by atoms with Gasteiger partial charge >= 0.3 is 11.9 Å². The van der Waals surface area contributed by atoms with Crippen molar-refractivity contribution in [1.82, 2.24) is 0 Å². The Morgan fingerprint density at radius 1 is 1.44 bits per heavy atom. The fraction of sp³-hybridized carbons (Fsp3) is 0.0909. The third kappa shape index (κ3) is 1.88. The Kier molecular flexibility index (Phi) is 2.59. The number of rotatable bonds is 1. The summed E-state index contributed by atoms with van der Waals surface area (Å²) < 4.78 is 9.44. The number of hydrogen-bond donors (Lipinski definition) is 1. The summed E-state index contributed by atoms with van der Waals surface area (Å²) in [6.07, 6.45) is 1.05. The SMILES string of the molecule is COC(=O)/C=C1\Nc2ccccc2OC1=O. The van der Waals surface area contributed by atoms with Crippen LogP contribution in [0, 0.1) is 0 Å². The number of hydrogen-bond acceptors (Lipinski definition) is 5. The molecule has 0 spiro atoms. The molecule has 0 fully saturated rings. The highest BCUT2D eigenvalue weighted by Crippen LogP contribution is 2.29. The molecule has 0 saturated heterocycles. The van der Waals surface area contributed by atoms with Crippen LogP contribution in [0.4, 0.5) is 5.69 Å². The van der Waals surface area contributed by atoms with Gasteiger partial charge in [-0.3, -0.25) is 0 Å². The Balaban J connectivity index is 2.31. The standard InChI is InChI=1S/C11H9NO4/c1-15-10(13)6-8-11(14)16-9-5-3-2-4-7(9)12-8/h2-6,12H,1H3/b8-6-. The molecule has 0 amide bonds. The predicted octanol–water partition coefficient (Wildman–Crippen LogP) is 1.07. The number of fused-ring (bicyclic) bond motifs is 1. The van der Waals surface area contributed by atoms with Crippen LogP contribution in [0.3, 0.4) is 0 Å². The van der Waals surface area contributed by atoms with Crippen LogP contribution in [0.2, 0.25) is 0 Å². The van der Waals surface area contributed by atoms with E-state index in [1.165, 1.54) is 7.11 Å². The zero-order valence-corrected chi connectivity index (χ0v) is 8.52. The summed E-state index contributed by atoms with van der Waals surface area (Å²) in [7, 11) is 1.24. The van der Waals surface area contributed by atoms with Crippen LogP contribution < -0.4 is 10.1 Å². The molecule has 5 nitrogen and oxygen atoms in total. The van der Waals surface area contributed by atoms with E-state index in [0.29, 0.717) is 11.4 Å². The molecule has 1 aromatic carbocycles. The van der Waals surface area contributed by atoms with Crippen molar-refractivity contribution >= 4 is 17.6 Å². The van der Waals surface area contributed by atoms with E-state index in [1.807, 2.05) is 0 Å². The highest BCUT2D eigenvalue weighted by atomic mass is 16.5. The van der Waals surface area contributed by atoms with Crippen LogP contribution in [0.25, 0.3) is 0 Å². The first-order valence-corrected chi connectivity index (χ1v) is 4.58. The number of esters is 2. The lowest BCUT2D eigenvalue weighted by atomic mass is 10.2. The predicted molar refractivity (Wildman–Crippen MR) is 55.8 cm³/mol. The van der Waals surface area contributed by atoms with Crippen LogP contribution in [-0.4, -0.2) is 19.0 Å². The van der Waals surface area contributed by atoms with E-state index >= 15 is 0 Å². The maximum absolute atomic E-state index is 11.4. The second-order valence-electron chi connectivity index (χ2n) is 3.09. The number of anilines is 1. The monoisotopic (exact) mass is 219 g/mol. The van der Waals surface area contributed by atoms with Gasteiger partial charge in [-0.15, -0.1) is 0 Å². The van der Waals surface area contributed by atoms with E-state index in [2.05, 4.69) is 10.1 Å². The first-order valence-electron chi connectivity index (χ1n) is 4.58. The van der Waals surface area contributed by atoms with Crippen molar-refractivity contribution in [3.05, 3.63) is 36.0 Å². The van der Waals surface area contributed by atoms with Crippen molar-refractivity contribution in [1.29, 1.82) is 0 Å². The van der Waals surface area contributed by atoms with Gasteiger partial charge in [-0.2, -0.15) is 0 Å². The molecular weight excluding hydrogens is 210 g/mol. The smallest absolute Gasteiger partial charge is 0.360 e. The van der Waals surface area contributed by atoms with Gasteiger partial charge < -0.3 is 14.8 Å². The van der Waals surface area contributed by atoms with Gasteiger partial charge in [-0.25, -0.2) is 9.59 Å². The first-order chi connectivity index (χ1) is 7.70. The lowest BCUT2D eigenvalue weighted by molar-refractivity contribution is -0.136. The van der Waals surface area contributed by atoms with E-state index in [4.69, 9.17) is 4.74 Å². The molecule has 2 rings (SSSR count). The van der Waals surface area contributed by atoms with Gasteiger partial charge in [0.15, 0.2) is 5.75 Å². The quantitative estimate of drug-likeness (QED) is 0.435. The van der Waals surface area contributed by atoms with Gasteiger partial charge in [0.25, 0.3) is 0 Å². The normalized spacial score (nSPS) is 16.1. The van der Waals surface area contributed by atoms with Crippen LogP contribution >= 0.6 is 0 Å². The van der Waals surface area contributed by atoms with Gasteiger partial charge in [-0.05, 0) is 12.1 Å². The molecule has 0 unspecified atom stereocenters. The van der Waals surface area contributed by atoms with E-state index in [-0.39, 0.29) is 5.70 Å². The molecule has 5 heteroatoms. The Morgan fingerprint density at radius 3 is 2.94 bits per heavy atom. The zero-order valence-electron chi connectivity index (χ0n) is 8.52. The van der Waals surface area contributed by atoms with E-state index < -0.39 is 11.9 Å². The molecule has 1 aromatic rings. The molecular formula is C11H9NO4. The van der Waals surface area contributed by atoms with Crippen LogP contribution in [0.1, 0.15) is 0 Å². The van der Waals surface area contributed by atoms with E-state index in [1.54, 1.807) is 24.3 Å². The summed E-state index contributed by atoms with van der Waals surface area (Å²) in [5, 5.41) is 2.80. The summed E-state index contributed by atoms with van der Waals surface area (Å²) in [5.74, 6) is -0.780. The largest absolute Gasteiger partial charge is 0.466 e. The fourth-order valence-corrected chi connectivity index (χ4v) is 1.28. The average molecular weight is 219 g/mol. The summed E-state index contributed by atoms with van der Waals surface area (Å²) in [4.78, 5) is 22.4. The number of methoxy groups -OCH3 is 1. The van der Waals surface area contributed by atoms with Crippen molar-refractivity contribution < 1.29 is 19.1 Å². The summed E-state index contributed by atoms with van der Waals surface area (Å²) in [5.41, 5.74) is 0.697. The molecule has 1 aliphatic heterocycles. The molecule has 0 bridgehead atoms. The number of ether oxygens (including phenoxy) is 2. The van der Waals surface area contributed by atoms with Gasteiger partial charge in [-0.1, -0.05) is 12.1 Å². The highest BCUT2D eigenvalue weighted by Gasteiger charge is 2.22. The molecule has 0 saturated carbocycles. The summed E-state index contributed by atoms with van der Waals surface area (Å²) in [6, 6.07) is 6.95. The summed E-state index contributed by atoms with van der Waals surface area (Å²) >= 11 is 0. The maximum atomic E-state index is 11.4. The maximum Gasteiger partial charge on any atom is 0.360 e. The van der Waals surface area contributed by atoms with E-state index in [9.17, 15) is 9.59 Å². The molecule has 0 atom stereocenters. The van der Waals surface area contributed by atoms with Crippen molar-refractivity contribution in [2.75, 3.05) is 12.4 Å². The minimum atomic E-state index is -0.612. The van der Waals surface area contributed by atoms with Crippen LogP contribution in [0.15, 0.2) is 36.0 Å². The van der Waals surface area contributed by atoms with Crippen LogP contribution in [0.5, 0.6) is 5.75 Å². The Labute approximate surface area is 91.7 Å². The number of carbonyl (C=O) groups excluding carboxylic acids is 2. The van der Waals surface area contributed by atoms with Crippen molar-refractivity contribution in [3.8, 4) is 5.75 Å². The van der Waals surface area contributed by atoms with Crippen LogP contribution in [-0.2, 0) is 14.3 Å². The topological polar surface area (TPSA) is 64.6 Å². The lowest BCUT2D eigenvalue weighted by Gasteiger charge is -2.18. The summed E-state index contributed by atoms with van der Waals surface area (Å²) in [6.45, 7) is 0. The molecule has 1 aliphatic rings. The third-order valence-corrected chi connectivity index (χ3v) is 2.04. The van der Waals surface area contributed by atoms with Gasteiger partial charge in [0.2, 0.25) is 0 Å². The van der Waals surface area contributed by atoms with Gasteiger partial charge in [0.05, 0.1) is 18.9 Å². The highest BCUT2D eigenvalue weighted by molar-refractivity contribution is 6.02. The zero-order chi connectivity index (χ0) is 11.5. The molecule has 82 valence electrons. The second-order valence-corrected chi connectivity index (χ2v) is 3.09. The minimum absolute atomic E-state index is 0.0607. The average Bonchev–Trinajstić information content (AvgIpc) is 2.30. The Morgan fingerprint density at radius 2 is 2.19 bits per heavy atom. The molecule has 1 heterocycles. The fourth-order valence-electron chi connectivity index (χ4n) is 1.28. The Bertz CT molecular complexity index is 479. The number of nitrogens with one attached hydrogen (secondary N) is 1. The molecule has 0 radical (unpaired) electrons. The van der Waals surface area contributed by atoms with Crippen molar-refractivity contribution in [2.24, 2.45) is 0 Å². The molecule has 16 heavy (non-hydrogen) atoms. The first kappa shape index (κ1) is 10.2. The molecule has 0 aromatic heterocycles. The number of benzene rings is 1. The van der Waals surface area contributed by atoms with Gasteiger partial charge in [0, 0.05) is 0 Å². The number of carbonyl (C=O) groups is 2. The lowest BCUT2D eigenvalue weighted by Crippen LogP contribution is -2.24. The molecule has 1 N–H and O–H groups in total. The molecule has 0 aliphatic carbocycles. The van der Waals surface area contributed by atoms with Crippen molar-refractivity contribution in [3.63, 3.8) is 0 Å². The number of para-hydroxylation sites is 2. The second kappa shape index (κ2) is 4.06.